The van der Waals surface area contributed by atoms with Gasteiger partial charge >= 0.3 is 6.09 Å². The molecule has 0 saturated carbocycles. The summed E-state index contributed by atoms with van der Waals surface area (Å²) >= 11 is 1.34. The fourth-order valence-electron chi connectivity index (χ4n) is 2.77. The van der Waals surface area contributed by atoms with E-state index in [4.69, 9.17) is 0 Å². The second kappa shape index (κ2) is 7.16. The Balaban J connectivity index is 1.48. The van der Waals surface area contributed by atoms with E-state index in [-0.39, 0.29) is 5.91 Å². The van der Waals surface area contributed by atoms with Crippen LogP contribution in [-0.4, -0.2) is 50.5 Å². The lowest BCUT2D eigenvalue weighted by atomic mass is 10.1. The van der Waals surface area contributed by atoms with E-state index in [1.165, 1.54) is 29.4 Å². The van der Waals surface area contributed by atoms with Crippen molar-refractivity contribution >= 4 is 28.5 Å². The van der Waals surface area contributed by atoms with E-state index in [0.29, 0.717) is 30.3 Å². The summed E-state index contributed by atoms with van der Waals surface area (Å²) < 4.78 is 4.58. The molecule has 10 heteroatoms. The molecule has 1 N–H and O–H groups in total. The molecule has 2 aromatic heterocycles. The number of carbonyl (C=O) groups excluding carboxylic acids is 2. The second-order valence-corrected chi connectivity index (χ2v) is 6.92. The number of thiazole rings is 1. The molecule has 3 heterocycles. The lowest BCUT2D eigenvalue weighted by molar-refractivity contribution is 0.0729. The van der Waals surface area contributed by atoms with Gasteiger partial charge in [-0.2, -0.15) is 9.90 Å². The van der Waals surface area contributed by atoms with E-state index in [1.807, 2.05) is 30.3 Å². The largest absolute Gasteiger partial charge is 0.453 e. The fraction of sp³-hybridized carbons (Fsp3) is 0.235. The van der Waals surface area contributed by atoms with Gasteiger partial charge in [0.25, 0.3) is 5.91 Å². The Morgan fingerprint density at radius 3 is 2.85 bits per heavy atom. The Morgan fingerprint density at radius 1 is 1.26 bits per heavy atom. The van der Waals surface area contributed by atoms with Gasteiger partial charge < -0.3 is 9.64 Å². The molecule has 27 heavy (non-hydrogen) atoms. The van der Waals surface area contributed by atoms with E-state index in [9.17, 15) is 9.59 Å². The lowest BCUT2D eigenvalue weighted by Gasteiger charge is -2.25. The van der Waals surface area contributed by atoms with Gasteiger partial charge in [-0.05, 0) is 12.1 Å². The van der Waals surface area contributed by atoms with Gasteiger partial charge in [-0.25, -0.2) is 9.78 Å². The minimum Gasteiger partial charge on any atom is -0.453 e. The summed E-state index contributed by atoms with van der Waals surface area (Å²) in [5.74, 6) is -0.182. The Bertz CT molecular complexity index is 984. The Hall–Kier alpha value is -3.27. The van der Waals surface area contributed by atoms with Gasteiger partial charge in [0.15, 0.2) is 10.8 Å². The highest BCUT2D eigenvalue weighted by atomic mass is 32.1. The molecule has 4 rings (SSSR count). The van der Waals surface area contributed by atoms with Crippen molar-refractivity contribution in [3.05, 3.63) is 52.8 Å². The highest BCUT2D eigenvalue weighted by Crippen LogP contribution is 2.29. The van der Waals surface area contributed by atoms with Gasteiger partial charge in [0.1, 0.15) is 0 Å². The van der Waals surface area contributed by atoms with Crippen LogP contribution in [0.1, 0.15) is 21.1 Å². The van der Waals surface area contributed by atoms with Gasteiger partial charge in [-0.15, -0.1) is 5.10 Å². The predicted molar refractivity (Wildman–Crippen MR) is 97.9 cm³/mol. The zero-order valence-corrected chi connectivity index (χ0v) is 15.3. The van der Waals surface area contributed by atoms with Crippen molar-refractivity contribution in [2.75, 3.05) is 19.0 Å². The second-order valence-electron chi connectivity index (χ2n) is 5.84. The summed E-state index contributed by atoms with van der Waals surface area (Å²) in [5.41, 5.74) is 1.97. The number of ether oxygens (including phenoxy) is 1. The monoisotopic (exact) mass is 384 g/mol. The number of methoxy groups -OCH3 is 1. The maximum Gasteiger partial charge on any atom is 0.413 e. The van der Waals surface area contributed by atoms with Crippen LogP contribution in [0.25, 0.3) is 5.69 Å². The molecule has 0 spiro atoms. The summed E-state index contributed by atoms with van der Waals surface area (Å²) in [5, 5.41) is 11.5. The van der Waals surface area contributed by atoms with Crippen molar-refractivity contribution in [2.24, 2.45) is 0 Å². The van der Waals surface area contributed by atoms with Crippen molar-refractivity contribution in [1.29, 1.82) is 0 Å². The van der Waals surface area contributed by atoms with E-state index >= 15 is 0 Å². The summed E-state index contributed by atoms with van der Waals surface area (Å²) in [6.45, 7) is 0.957. The molecule has 2 amide bonds. The number of nitrogens with one attached hydrogen (secondary N) is 1. The van der Waals surface area contributed by atoms with Crippen LogP contribution < -0.4 is 5.32 Å². The number of amides is 2. The quantitative estimate of drug-likeness (QED) is 0.742. The molecular weight excluding hydrogens is 368 g/mol. The zero-order chi connectivity index (χ0) is 18.8. The van der Waals surface area contributed by atoms with Gasteiger partial charge in [-0.3, -0.25) is 10.1 Å². The normalized spacial score (nSPS) is 13.1. The smallest absolute Gasteiger partial charge is 0.413 e. The van der Waals surface area contributed by atoms with Crippen LogP contribution in [0.4, 0.5) is 9.93 Å². The van der Waals surface area contributed by atoms with Crippen molar-refractivity contribution in [3.63, 3.8) is 0 Å². The number of rotatable bonds is 3. The molecule has 0 fully saturated rings. The number of hydrogen-bond acceptors (Lipinski definition) is 7. The molecule has 1 aromatic carbocycles. The number of fused-ring (bicyclic) bond motifs is 1. The van der Waals surface area contributed by atoms with Crippen LogP contribution in [0.15, 0.2) is 36.5 Å². The SMILES string of the molecule is COC(=O)Nc1nc2c(s1)CN(C(=O)c1cnn(-c3ccccc3)n1)CC2. The van der Waals surface area contributed by atoms with E-state index in [0.717, 1.165) is 16.3 Å². The summed E-state index contributed by atoms with van der Waals surface area (Å²) in [6.07, 6.45) is 1.53. The molecule has 1 aliphatic rings. The average molecular weight is 384 g/mol. The molecule has 0 radical (unpaired) electrons. The molecule has 0 saturated heterocycles. The molecule has 138 valence electrons. The maximum atomic E-state index is 12.8. The first kappa shape index (κ1) is 17.2. The topological polar surface area (TPSA) is 102 Å². The molecule has 0 unspecified atom stereocenters. The van der Waals surface area contributed by atoms with Crippen LogP contribution in [0.2, 0.25) is 0 Å². The summed E-state index contributed by atoms with van der Waals surface area (Å²) in [6, 6.07) is 9.41. The van der Waals surface area contributed by atoms with Crippen LogP contribution in [0.5, 0.6) is 0 Å². The number of anilines is 1. The van der Waals surface area contributed by atoms with E-state index in [2.05, 4.69) is 25.2 Å². The predicted octanol–water partition coefficient (Wildman–Crippen LogP) is 2.10. The first-order valence-electron chi connectivity index (χ1n) is 8.24. The van der Waals surface area contributed by atoms with E-state index < -0.39 is 6.09 Å². The fourth-order valence-corrected chi connectivity index (χ4v) is 3.78. The van der Waals surface area contributed by atoms with Crippen LogP contribution in [-0.2, 0) is 17.7 Å². The lowest BCUT2D eigenvalue weighted by Crippen LogP contribution is -2.35. The molecule has 0 bridgehead atoms. The van der Waals surface area contributed by atoms with Gasteiger partial charge in [0, 0.05) is 17.8 Å². The number of benzene rings is 1. The molecule has 1 aliphatic heterocycles. The van der Waals surface area contributed by atoms with Gasteiger partial charge in [-0.1, -0.05) is 29.5 Å². The van der Waals surface area contributed by atoms with Crippen molar-refractivity contribution in [3.8, 4) is 5.69 Å². The number of carbonyl (C=O) groups is 2. The highest BCUT2D eigenvalue weighted by molar-refractivity contribution is 7.15. The number of para-hydroxylation sites is 1. The van der Waals surface area contributed by atoms with Crippen molar-refractivity contribution in [1.82, 2.24) is 24.9 Å². The standard InChI is InChI=1S/C17H16N6O3S/c1-26-17(25)20-16-19-12-7-8-22(10-14(12)27-16)15(24)13-9-18-23(21-13)11-5-3-2-4-6-11/h2-6,9H,7-8,10H2,1H3,(H,19,20,25). The summed E-state index contributed by atoms with van der Waals surface area (Å²) in [4.78, 5) is 32.6. The first-order valence-corrected chi connectivity index (χ1v) is 9.06. The minimum absolute atomic E-state index is 0.182. The van der Waals surface area contributed by atoms with Crippen molar-refractivity contribution in [2.45, 2.75) is 13.0 Å². The summed E-state index contributed by atoms with van der Waals surface area (Å²) in [7, 11) is 1.30. The van der Waals surface area contributed by atoms with Gasteiger partial charge in [0.05, 0.1) is 31.2 Å². The molecule has 0 atom stereocenters. The van der Waals surface area contributed by atoms with Crippen LogP contribution in [0, 0.1) is 0 Å². The van der Waals surface area contributed by atoms with Gasteiger partial charge in [0.2, 0.25) is 0 Å². The molecule has 0 aliphatic carbocycles. The minimum atomic E-state index is -0.563. The third kappa shape index (κ3) is 3.51. The third-order valence-corrected chi connectivity index (χ3v) is 5.11. The molecule has 3 aromatic rings. The van der Waals surface area contributed by atoms with Crippen LogP contribution in [0.3, 0.4) is 0 Å². The Kier molecular flexibility index (Phi) is 4.55. The van der Waals surface area contributed by atoms with Crippen molar-refractivity contribution < 1.29 is 14.3 Å². The third-order valence-electron chi connectivity index (χ3n) is 4.11. The maximum absolute atomic E-state index is 12.8. The van der Waals surface area contributed by atoms with E-state index in [1.54, 1.807) is 4.90 Å². The number of nitrogens with zero attached hydrogens (tertiary/aromatic N) is 5. The molecular formula is C17H16N6O3S. The average Bonchev–Trinajstić information content (AvgIpc) is 3.34. The Labute approximate surface area is 158 Å². The van der Waals surface area contributed by atoms with Crippen LogP contribution >= 0.6 is 11.3 Å². The number of hydrogen-bond donors (Lipinski definition) is 1. The first-order chi connectivity index (χ1) is 13.1. The highest BCUT2D eigenvalue weighted by Gasteiger charge is 2.27. The molecule has 9 nitrogen and oxygen atoms in total. The Morgan fingerprint density at radius 2 is 2.07 bits per heavy atom. The zero-order valence-electron chi connectivity index (χ0n) is 14.5. The number of aromatic nitrogens is 4.